The first-order valence-electron chi connectivity index (χ1n) is 11.8. The molecule has 2 aromatic carbocycles. The predicted octanol–water partition coefficient (Wildman–Crippen LogP) is 3.86. The Labute approximate surface area is 214 Å². The van der Waals surface area contributed by atoms with Crippen LogP contribution in [0.5, 0.6) is 0 Å². The van der Waals surface area contributed by atoms with Gasteiger partial charge in [-0.15, -0.1) is 5.10 Å². The molecule has 5 rings (SSSR count). The number of rotatable bonds is 8. The molecule has 1 aromatic heterocycles. The molecule has 0 spiro atoms. The quantitative estimate of drug-likeness (QED) is 0.459. The first-order chi connectivity index (χ1) is 17.6. The van der Waals surface area contributed by atoms with Gasteiger partial charge < -0.3 is 10.6 Å². The van der Waals surface area contributed by atoms with Crippen molar-refractivity contribution in [3.05, 3.63) is 75.2 Å². The molecule has 3 aromatic rings. The largest absolute Gasteiger partial charge is 0.416 e. The van der Waals surface area contributed by atoms with Crippen LogP contribution in [-0.4, -0.2) is 32.2 Å². The van der Waals surface area contributed by atoms with Crippen molar-refractivity contribution in [3.63, 3.8) is 0 Å². The van der Waals surface area contributed by atoms with Gasteiger partial charge in [-0.3, -0.25) is 14.2 Å². The van der Waals surface area contributed by atoms with Crippen LogP contribution in [0.25, 0.3) is 11.4 Å². The van der Waals surface area contributed by atoms with Gasteiger partial charge in [-0.05, 0) is 61.6 Å². The van der Waals surface area contributed by atoms with Gasteiger partial charge in [0, 0.05) is 22.7 Å². The van der Waals surface area contributed by atoms with Crippen molar-refractivity contribution >= 4 is 23.4 Å². The van der Waals surface area contributed by atoms with Gasteiger partial charge in [-0.25, -0.2) is 9.48 Å². The molecule has 194 valence electrons. The Morgan fingerprint density at radius 1 is 1.05 bits per heavy atom. The number of halogens is 4. The monoisotopic (exact) mass is 533 g/mol. The molecule has 1 heterocycles. The van der Waals surface area contributed by atoms with Crippen molar-refractivity contribution < 1.29 is 22.8 Å². The maximum atomic E-state index is 13.7. The highest BCUT2D eigenvalue weighted by molar-refractivity contribution is 6.30. The molecule has 0 radical (unpaired) electrons. The first-order valence-corrected chi connectivity index (χ1v) is 12.2. The van der Waals surface area contributed by atoms with Crippen LogP contribution < -0.4 is 16.3 Å². The highest BCUT2D eigenvalue weighted by Crippen LogP contribution is 2.37. The van der Waals surface area contributed by atoms with E-state index in [-0.39, 0.29) is 17.6 Å². The van der Waals surface area contributed by atoms with Gasteiger partial charge in [0.15, 0.2) is 5.82 Å². The Hall–Kier alpha value is -3.60. The molecule has 37 heavy (non-hydrogen) atoms. The maximum absolute atomic E-state index is 13.7. The molecule has 1 unspecified atom stereocenters. The number of carbonyl (C=O) groups is 2. The van der Waals surface area contributed by atoms with Crippen LogP contribution in [0.4, 0.5) is 13.2 Å². The van der Waals surface area contributed by atoms with Gasteiger partial charge in [0.1, 0.15) is 12.6 Å². The van der Waals surface area contributed by atoms with E-state index in [4.69, 9.17) is 11.6 Å². The van der Waals surface area contributed by atoms with Crippen molar-refractivity contribution in [1.82, 2.24) is 25.0 Å². The van der Waals surface area contributed by atoms with E-state index in [2.05, 4.69) is 15.7 Å². The third kappa shape index (κ3) is 5.56. The van der Waals surface area contributed by atoms with Gasteiger partial charge >= 0.3 is 11.9 Å². The van der Waals surface area contributed by atoms with E-state index in [1.807, 2.05) is 0 Å². The zero-order chi connectivity index (χ0) is 26.3. The van der Waals surface area contributed by atoms with Crippen LogP contribution in [0.2, 0.25) is 5.02 Å². The van der Waals surface area contributed by atoms with Crippen LogP contribution in [0.1, 0.15) is 48.9 Å². The summed E-state index contributed by atoms with van der Waals surface area (Å²) in [6.45, 7) is -0.569. The van der Waals surface area contributed by atoms with E-state index >= 15 is 0 Å². The molecule has 12 heteroatoms. The molecule has 0 aliphatic heterocycles. The topological polar surface area (TPSA) is 98.0 Å². The minimum Gasteiger partial charge on any atom is -0.351 e. The normalized spacial score (nSPS) is 16.3. The van der Waals surface area contributed by atoms with E-state index < -0.39 is 41.8 Å². The van der Waals surface area contributed by atoms with Crippen molar-refractivity contribution in [1.29, 1.82) is 0 Å². The minimum absolute atomic E-state index is 0.0503. The lowest BCUT2D eigenvalue weighted by molar-refractivity contribution is -0.139. The van der Waals surface area contributed by atoms with Gasteiger partial charge in [0.05, 0.1) is 5.56 Å². The summed E-state index contributed by atoms with van der Waals surface area (Å²) in [6.07, 6.45) is -1.72. The number of nitrogens with zero attached hydrogens (tertiary/aromatic N) is 3. The van der Waals surface area contributed by atoms with Gasteiger partial charge in [0.25, 0.3) is 0 Å². The third-order valence-corrected chi connectivity index (χ3v) is 6.50. The summed E-state index contributed by atoms with van der Waals surface area (Å²) in [4.78, 5) is 39.0. The average Bonchev–Trinajstić information content (AvgIpc) is 3.78. The van der Waals surface area contributed by atoms with Crippen LogP contribution >= 0.6 is 11.6 Å². The summed E-state index contributed by atoms with van der Waals surface area (Å²) in [7, 11) is 0. The summed E-state index contributed by atoms with van der Waals surface area (Å²) in [5.74, 6) is -1.20. The molecule has 2 fully saturated rings. The highest BCUT2D eigenvalue weighted by Gasteiger charge is 2.38. The Bertz CT molecular complexity index is 1390. The second-order valence-corrected chi connectivity index (χ2v) is 9.68. The maximum Gasteiger partial charge on any atom is 0.416 e. The molecule has 1 atom stereocenters. The Morgan fingerprint density at radius 3 is 2.35 bits per heavy atom. The molecule has 8 nitrogen and oxygen atoms in total. The van der Waals surface area contributed by atoms with Gasteiger partial charge in [0.2, 0.25) is 11.8 Å². The zero-order valence-electron chi connectivity index (χ0n) is 19.5. The smallest absolute Gasteiger partial charge is 0.351 e. The number of carbonyl (C=O) groups excluding carboxylic acids is 2. The van der Waals surface area contributed by atoms with Gasteiger partial charge in [-0.2, -0.15) is 13.2 Å². The predicted molar refractivity (Wildman–Crippen MR) is 129 cm³/mol. The SMILES string of the molecule is O=C(Cn1nc(-c2ccc(Cl)cc2)n(C2CC2)c1=O)NC(C(=O)NC1CC1)c1ccccc1C(F)(F)F. The lowest BCUT2D eigenvalue weighted by Gasteiger charge is -2.22. The van der Waals surface area contributed by atoms with Crippen LogP contribution in [0.15, 0.2) is 53.3 Å². The molecule has 0 saturated heterocycles. The number of aromatic nitrogens is 3. The molecule has 2 aliphatic rings. The van der Waals surface area contributed by atoms with E-state index in [1.54, 1.807) is 24.3 Å². The Balaban J connectivity index is 1.43. The second kappa shape index (κ2) is 9.70. The van der Waals surface area contributed by atoms with Crippen molar-refractivity contribution in [2.45, 2.75) is 56.5 Å². The number of hydrogen-bond donors (Lipinski definition) is 2. The van der Waals surface area contributed by atoms with E-state index in [0.717, 1.165) is 42.5 Å². The number of benzene rings is 2. The fourth-order valence-corrected chi connectivity index (χ4v) is 4.25. The van der Waals surface area contributed by atoms with E-state index in [1.165, 1.54) is 16.7 Å². The number of nitrogens with one attached hydrogen (secondary N) is 2. The number of alkyl halides is 3. The van der Waals surface area contributed by atoms with E-state index in [9.17, 15) is 27.6 Å². The summed E-state index contributed by atoms with van der Waals surface area (Å²) >= 11 is 5.97. The molecular formula is C25H23ClF3N5O3. The zero-order valence-corrected chi connectivity index (χ0v) is 20.2. The van der Waals surface area contributed by atoms with Crippen molar-refractivity contribution in [2.75, 3.05) is 0 Å². The summed E-state index contributed by atoms with van der Waals surface area (Å²) in [6, 6.07) is 9.56. The lowest BCUT2D eigenvalue weighted by Crippen LogP contribution is -2.44. The standard InChI is InChI=1S/C25H23ClF3N5O3/c26-15-7-5-14(6-8-15)22-32-33(24(37)34(22)17-11-12-17)13-20(35)31-21(23(36)30-16-9-10-16)18-3-1-2-4-19(18)25(27,28)29/h1-8,16-17,21H,9-13H2,(H,30,36)(H,31,35). The third-order valence-electron chi connectivity index (χ3n) is 6.25. The number of hydrogen-bond acceptors (Lipinski definition) is 4. The summed E-state index contributed by atoms with van der Waals surface area (Å²) in [5, 5.41) is 9.90. The second-order valence-electron chi connectivity index (χ2n) is 9.24. The average molecular weight is 534 g/mol. The summed E-state index contributed by atoms with van der Waals surface area (Å²) in [5.41, 5.74) is -1.28. The van der Waals surface area contributed by atoms with Crippen molar-refractivity contribution in [2.24, 2.45) is 0 Å². The first kappa shape index (κ1) is 25.1. The van der Waals surface area contributed by atoms with Crippen LogP contribution in [0, 0.1) is 0 Å². The highest BCUT2D eigenvalue weighted by atomic mass is 35.5. The molecule has 2 saturated carbocycles. The lowest BCUT2D eigenvalue weighted by atomic mass is 9.99. The molecule has 2 amide bonds. The fourth-order valence-electron chi connectivity index (χ4n) is 4.13. The Morgan fingerprint density at radius 2 is 1.73 bits per heavy atom. The van der Waals surface area contributed by atoms with Crippen LogP contribution in [-0.2, 0) is 22.3 Å². The fraction of sp³-hybridized carbons (Fsp3) is 0.360. The van der Waals surface area contributed by atoms with Crippen molar-refractivity contribution in [3.8, 4) is 11.4 Å². The molecular weight excluding hydrogens is 511 g/mol. The molecule has 2 aliphatic carbocycles. The Kier molecular flexibility index (Phi) is 6.57. The van der Waals surface area contributed by atoms with Gasteiger partial charge in [-0.1, -0.05) is 29.8 Å². The molecule has 0 bridgehead atoms. The van der Waals surface area contributed by atoms with E-state index in [0.29, 0.717) is 16.4 Å². The van der Waals surface area contributed by atoms with Crippen LogP contribution in [0.3, 0.4) is 0 Å². The minimum atomic E-state index is -4.73. The number of amides is 2. The molecule has 2 N–H and O–H groups in total. The summed E-state index contributed by atoms with van der Waals surface area (Å²) < 4.78 is 43.5.